The van der Waals surface area contributed by atoms with Crippen molar-refractivity contribution in [3.63, 3.8) is 0 Å². The summed E-state index contributed by atoms with van der Waals surface area (Å²) in [4.78, 5) is 2.06. The van der Waals surface area contributed by atoms with Gasteiger partial charge in [-0.2, -0.15) is 0 Å². The zero-order valence-electron chi connectivity index (χ0n) is 10.8. The van der Waals surface area contributed by atoms with Gasteiger partial charge in [-0.25, -0.2) is 0 Å². The SMILES string of the molecule is C=C(CNCCC)CN(C)CC(O)COC. The highest BCUT2D eigenvalue weighted by molar-refractivity contribution is 4.99. The van der Waals surface area contributed by atoms with Crippen LogP contribution < -0.4 is 5.32 Å². The van der Waals surface area contributed by atoms with Crippen LogP contribution in [0.2, 0.25) is 0 Å². The molecule has 4 nitrogen and oxygen atoms in total. The van der Waals surface area contributed by atoms with Gasteiger partial charge in [0.25, 0.3) is 0 Å². The second-order valence-corrected chi connectivity index (χ2v) is 4.23. The van der Waals surface area contributed by atoms with Crippen molar-refractivity contribution in [3.8, 4) is 0 Å². The third-order valence-electron chi connectivity index (χ3n) is 2.18. The van der Waals surface area contributed by atoms with Crippen LogP contribution in [0.1, 0.15) is 13.3 Å². The van der Waals surface area contributed by atoms with E-state index in [1.54, 1.807) is 7.11 Å². The van der Waals surface area contributed by atoms with Crippen molar-refractivity contribution in [3.05, 3.63) is 12.2 Å². The maximum absolute atomic E-state index is 9.53. The van der Waals surface area contributed by atoms with Gasteiger partial charge in [0, 0.05) is 26.7 Å². The Labute approximate surface area is 99.3 Å². The molecule has 0 aliphatic heterocycles. The second kappa shape index (κ2) is 9.78. The lowest BCUT2D eigenvalue weighted by molar-refractivity contribution is 0.0449. The van der Waals surface area contributed by atoms with Crippen LogP contribution in [0, 0.1) is 0 Å². The molecule has 0 aliphatic rings. The molecule has 0 amide bonds. The van der Waals surface area contributed by atoms with Crippen LogP contribution in [0.3, 0.4) is 0 Å². The number of nitrogens with one attached hydrogen (secondary N) is 1. The highest BCUT2D eigenvalue weighted by Crippen LogP contribution is 1.96. The van der Waals surface area contributed by atoms with E-state index >= 15 is 0 Å². The van der Waals surface area contributed by atoms with Gasteiger partial charge in [-0.15, -0.1) is 0 Å². The minimum absolute atomic E-state index is 0.380. The lowest BCUT2D eigenvalue weighted by Gasteiger charge is -2.21. The standard InChI is InChI=1S/C12H26N2O2/c1-5-6-13-7-11(2)8-14(3)9-12(15)10-16-4/h12-13,15H,2,5-10H2,1,3-4H3. The Balaban J connectivity index is 3.60. The van der Waals surface area contributed by atoms with Gasteiger partial charge >= 0.3 is 0 Å². The Morgan fingerprint density at radius 2 is 2.25 bits per heavy atom. The minimum Gasteiger partial charge on any atom is -0.389 e. The quantitative estimate of drug-likeness (QED) is 0.423. The monoisotopic (exact) mass is 230 g/mol. The molecule has 0 aromatic carbocycles. The summed E-state index contributed by atoms with van der Waals surface area (Å²) in [6.45, 7) is 9.81. The van der Waals surface area contributed by atoms with E-state index in [2.05, 4.69) is 23.7 Å². The highest BCUT2D eigenvalue weighted by atomic mass is 16.5. The summed E-state index contributed by atoms with van der Waals surface area (Å²) in [6, 6.07) is 0. The van der Waals surface area contributed by atoms with E-state index in [0.29, 0.717) is 13.2 Å². The molecule has 0 radical (unpaired) electrons. The number of aliphatic hydroxyl groups excluding tert-OH is 1. The van der Waals surface area contributed by atoms with Gasteiger partial charge in [0.05, 0.1) is 12.7 Å². The Morgan fingerprint density at radius 3 is 2.81 bits per heavy atom. The normalized spacial score (nSPS) is 13.1. The fourth-order valence-electron chi connectivity index (χ4n) is 1.55. The van der Waals surface area contributed by atoms with Crippen molar-refractivity contribution in [1.29, 1.82) is 0 Å². The summed E-state index contributed by atoms with van der Waals surface area (Å²) < 4.78 is 4.88. The maximum atomic E-state index is 9.53. The average molecular weight is 230 g/mol. The molecule has 1 unspecified atom stereocenters. The first-order valence-electron chi connectivity index (χ1n) is 5.83. The maximum Gasteiger partial charge on any atom is 0.0900 e. The molecule has 0 aromatic heterocycles. The van der Waals surface area contributed by atoms with Crippen molar-refractivity contribution in [2.75, 3.05) is 46.9 Å². The van der Waals surface area contributed by atoms with Gasteiger partial charge < -0.3 is 15.2 Å². The number of hydrogen-bond acceptors (Lipinski definition) is 4. The minimum atomic E-state index is -0.425. The van der Waals surface area contributed by atoms with Crippen LogP contribution >= 0.6 is 0 Å². The zero-order chi connectivity index (χ0) is 12.4. The van der Waals surface area contributed by atoms with Crippen molar-refractivity contribution in [2.45, 2.75) is 19.4 Å². The third-order valence-corrected chi connectivity index (χ3v) is 2.18. The number of nitrogens with zero attached hydrogens (tertiary/aromatic N) is 1. The molecular formula is C12H26N2O2. The van der Waals surface area contributed by atoms with Crippen LogP contribution in [-0.2, 0) is 4.74 Å². The fourth-order valence-corrected chi connectivity index (χ4v) is 1.55. The first-order chi connectivity index (χ1) is 7.60. The molecular weight excluding hydrogens is 204 g/mol. The van der Waals surface area contributed by atoms with Crippen molar-refractivity contribution in [2.24, 2.45) is 0 Å². The topological polar surface area (TPSA) is 44.7 Å². The van der Waals surface area contributed by atoms with Crippen molar-refractivity contribution < 1.29 is 9.84 Å². The summed E-state index contributed by atoms with van der Waals surface area (Å²) in [5, 5.41) is 12.8. The van der Waals surface area contributed by atoms with Gasteiger partial charge in [0.1, 0.15) is 0 Å². The second-order valence-electron chi connectivity index (χ2n) is 4.23. The zero-order valence-corrected chi connectivity index (χ0v) is 10.8. The summed E-state index contributed by atoms with van der Waals surface area (Å²) in [5.41, 5.74) is 1.14. The van der Waals surface area contributed by atoms with E-state index in [1.807, 2.05) is 7.05 Å². The average Bonchev–Trinajstić information content (AvgIpc) is 2.17. The molecule has 4 heteroatoms. The van der Waals surface area contributed by atoms with Crippen LogP contribution in [0.4, 0.5) is 0 Å². The molecule has 0 aromatic rings. The van der Waals surface area contributed by atoms with Crippen molar-refractivity contribution in [1.82, 2.24) is 10.2 Å². The summed E-state index contributed by atoms with van der Waals surface area (Å²) in [5.74, 6) is 0. The predicted octanol–water partition coefficient (Wildman–Crippen LogP) is 0.481. The van der Waals surface area contributed by atoms with Gasteiger partial charge in [0.2, 0.25) is 0 Å². The summed E-state index contributed by atoms with van der Waals surface area (Å²) >= 11 is 0. The number of methoxy groups -OCH3 is 1. The van der Waals surface area contributed by atoms with Gasteiger partial charge in [0.15, 0.2) is 0 Å². The molecule has 1 atom stereocenters. The number of hydrogen-bond donors (Lipinski definition) is 2. The first kappa shape index (κ1) is 15.6. The third kappa shape index (κ3) is 8.85. The highest BCUT2D eigenvalue weighted by Gasteiger charge is 2.08. The van der Waals surface area contributed by atoms with Crippen LogP contribution in [-0.4, -0.2) is 63.1 Å². The van der Waals surface area contributed by atoms with Gasteiger partial charge in [-0.1, -0.05) is 13.5 Å². The molecule has 96 valence electrons. The molecule has 0 spiro atoms. The number of likely N-dealkylation sites (N-methyl/N-ethyl adjacent to an activating group) is 1. The van der Waals surface area contributed by atoms with E-state index in [1.165, 1.54) is 0 Å². The van der Waals surface area contributed by atoms with Crippen molar-refractivity contribution >= 4 is 0 Å². The Morgan fingerprint density at radius 1 is 1.56 bits per heavy atom. The molecule has 0 saturated heterocycles. The lowest BCUT2D eigenvalue weighted by Crippen LogP contribution is -2.34. The number of aliphatic hydroxyl groups is 1. The molecule has 0 saturated carbocycles. The largest absolute Gasteiger partial charge is 0.389 e. The van der Waals surface area contributed by atoms with E-state index in [4.69, 9.17) is 4.74 Å². The fraction of sp³-hybridized carbons (Fsp3) is 0.833. The Kier molecular flexibility index (Phi) is 9.52. The molecule has 0 bridgehead atoms. The molecule has 16 heavy (non-hydrogen) atoms. The Hall–Kier alpha value is -0.420. The number of rotatable bonds is 10. The smallest absolute Gasteiger partial charge is 0.0900 e. The van der Waals surface area contributed by atoms with E-state index in [0.717, 1.165) is 31.6 Å². The first-order valence-corrected chi connectivity index (χ1v) is 5.83. The van der Waals surface area contributed by atoms with Crippen LogP contribution in [0.5, 0.6) is 0 Å². The van der Waals surface area contributed by atoms with E-state index in [-0.39, 0.29) is 0 Å². The molecule has 0 fully saturated rings. The molecule has 0 rings (SSSR count). The summed E-state index contributed by atoms with van der Waals surface area (Å²) in [6.07, 6.45) is 0.710. The Bertz CT molecular complexity index is 186. The lowest BCUT2D eigenvalue weighted by atomic mass is 10.2. The molecule has 2 N–H and O–H groups in total. The van der Waals surface area contributed by atoms with Crippen LogP contribution in [0.15, 0.2) is 12.2 Å². The van der Waals surface area contributed by atoms with E-state index in [9.17, 15) is 5.11 Å². The molecule has 0 aliphatic carbocycles. The van der Waals surface area contributed by atoms with E-state index < -0.39 is 6.10 Å². The van der Waals surface area contributed by atoms with Crippen LogP contribution in [0.25, 0.3) is 0 Å². The number of ether oxygens (including phenoxy) is 1. The predicted molar refractivity (Wildman–Crippen MR) is 67.7 cm³/mol. The molecule has 0 heterocycles. The van der Waals surface area contributed by atoms with Gasteiger partial charge in [-0.05, 0) is 25.6 Å². The van der Waals surface area contributed by atoms with Gasteiger partial charge in [-0.3, -0.25) is 4.90 Å². The summed E-state index contributed by atoms with van der Waals surface area (Å²) in [7, 11) is 3.57.